The van der Waals surface area contributed by atoms with Gasteiger partial charge in [-0.1, -0.05) is 0 Å². The SMILES string of the molecule is COC(=O)/C=C(/Nc1ccc(F)c(C)c1O)C(=O)OC. The van der Waals surface area contributed by atoms with Gasteiger partial charge in [-0.05, 0) is 19.1 Å². The molecular weight excluding hydrogens is 269 g/mol. The number of phenols is 1. The fourth-order valence-corrected chi connectivity index (χ4v) is 1.35. The van der Waals surface area contributed by atoms with Gasteiger partial charge in [-0.3, -0.25) is 0 Å². The summed E-state index contributed by atoms with van der Waals surface area (Å²) in [5, 5.41) is 12.3. The summed E-state index contributed by atoms with van der Waals surface area (Å²) in [6.07, 6.45) is 0.865. The Balaban J connectivity index is 3.14. The van der Waals surface area contributed by atoms with E-state index >= 15 is 0 Å². The number of rotatable bonds is 4. The maximum atomic E-state index is 13.2. The van der Waals surface area contributed by atoms with Crippen LogP contribution < -0.4 is 5.32 Å². The van der Waals surface area contributed by atoms with Crippen LogP contribution in [0.25, 0.3) is 0 Å². The van der Waals surface area contributed by atoms with Gasteiger partial charge in [0.05, 0.1) is 26.0 Å². The molecule has 0 aliphatic heterocycles. The van der Waals surface area contributed by atoms with E-state index in [1.807, 2.05) is 0 Å². The van der Waals surface area contributed by atoms with E-state index in [1.54, 1.807) is 0 Å². The zero-order valence-corrected chi connectivity index (χ0v) is 11.2. The third-order valence-corrected chi connectivity index (χ3v) is 2.50. The third-order valence-electron chi connectivity index (χ3n) is 2.50. The molecule has 0 amide bonds. The molecule has 0 fully saturated rings. The van der Waals surface area contributed by atoms with Crippen molar-refractivity contribution in [2.75, 3.05) is 19.5 Å². The predicted molar refractivity (Wildman–Crippen MR) is 68.5 cm³/mol. The molecule has 7 heteroatoms. The number of esters is 2. The van der Waals surface area contributed by atoms with Crippen LogP contribution in [0.4, 0.5) is 10.1 Å². The lowest BCUT2D eigenvalue weighted by Crippen LogP contribution is -2.15. The third kappa shape index (κ3) is 3.47. The Morgan fingerprint density at radius 2 is 1.95 bits per heavy atom. The van der Waals surface area contributed by atoms with E-state index in [1.165, 1.54) is 13.0 Å². The lowest BCUT2D eigenvalue weighted by Gasteiger charge is -2.12. The summed E-state index contributed by atoms with van der Waals surface area (Å²) in [6.45, 7) is 1.37. The lowest BCUT2D eigenvalue weighted by molar-refractivity contribution is -0.138. The average Bonchev–Trinajstić information content (AvgIpc) is 2.45. The number of phenolic OH excluding ortho intramolecular Hbond substituents is 1. The molecule has 2 N–H and O–H groups in total. The molecule has 0 bridgehead atoms. The van der Waals surface area contributed by atoms with E-state index in [4.69, 9.17) is 0 Å². The summed E-state index contributed by atoms with van der Waals surface area (Å²) in [6, 6.07) is 2.34. The van der Waals surface area contributed by atoms with Crippen molar-refractivity contribution in [3.8, 4) is 5.75 Å². The quantitative estimate of drug-likeness (QED) is 0.494. The van der Waals surface area contributed by atoms with Gasteiger partial charge in [0.15, 0.2) is 0 Å². The number of carbonyl (C=O) groups excluding carboxylic acids is 2. The molecule has 6 nitrogen and oxygen atoms in total. The number of ether oxygens (including phenoxy) is 2. The fraction of sp³-hybridized carbons (Fsp3) is 0.231. The lowest BCUT2D eigenvalue weighted by atomic mass is 10.1. The first-order chi connectivity index (χ1) is 9.40. The second-order valence-electron chi connectivity index (χ2n) is 3.77. The summed E-state index contributed by atoms with van der Waals surface area (Å²) in [5.41, 5.74) is -0.178. The number of nitrogens with one attached hydrogen (secondary N) is 1. The smallest absolute Gasteiger partial charge is 0.354 e. The minimum Gasteiger partial charge on any atom is -0.505 e. The Kier molecular flexibility index (Phi) is 5.08. The van der Waals surface area contributed by atoms with Crippen molar-refractivity contribution in [3.05, 3.63) is 35.3 Å². The number of aromatic hydroxyl groups is 1. The molecule has 1 aromatic carbocycles. The van der Waals surface area contributed by atoms with E-state index in [0.717, 1.165) is 26.4 Å². The summed E-state index contributed by atoms with van der Waals surface area (Å²) >= 11 is 0. The monoisotopic (exact) mass is 283 g/mol. The standard InChI is InChI=1S/C13H14FNO5/c1-7-8(14)4-5-9(12(7)17)15-10(13(18)20-3)6-11(16)19-2/h4-6,15,17H,1-3H3/b10-6+. The Bertz CT molecular complexity index is 568. The topological polar surface area (TPSA) is 84.9 Å². The Hall–Kier alpha value is -2.57. The van der Waals surface area contributed by atoms with Crippen LogP contribution >= 0.6 is 0 Å². The molecule has 0 saturated heterocycles. The summed E-state index contributed by atoms with van der Waals surface area (Å²) in [5.74, 6) is -2.58. The minimum absolute atomic E-state index is 0.0114. The molecule has 0 radical (unpaired) electrons. The molecule has 0 aliphatic carbocycles. The molecule has 0 aliphatic rings. The van der Waals surface area contributed by atoms with Gasteiger partial charge in [-0.2, -0.15) is 0 Å². The van der Waals surface area contributed by atoms with Crippen LogP contribution in [-0.2, 0) is 19.1 Å². The van der Waals surface area contributed by atoms with Gasteiger partial charge in [0.2, 0.25) is 0 Å². The van der Waals surface area contributed by atoms with Crippen molar-refractivity contribution in [1.82, 2.24) is 0 Å². The van der Waals surface area contributed by atoms with Crippen molar-refractivity contribution < 1.29 is 28.6 Å². The van der Waals surface area contributed by atoms with Crippen molar-refractivity contribution >= 4 is 17.6 Å². The van der Waals surface area contributed by atoms with E-state index in [9.17, 15) is 19.1 Å². The number of anilines is 1. The second kappa shape index (κ2) is 6.55. The molecule has 0 aromatic heterocycles. The number of methoxy groups -OCH3 is 2. The molecule has 20 heavy (non-hydrogen) atoms. The zero-order chi connectivity index (χ0) is 15.3. The number of hydrogen-bond donors (Lipinski definition) is 2. The van der Waals surface area contributed by atoms with Crippen LogP contribution in [0.5, 0.6) is 5.75 Å². The molecule has 0 atom stereocenters. The van der Waals surface area contributed by atoms with Gasteiger partial charge in [0.1, 0.15) is 17.3 Å². The Labute approximate surface area is 114 Å². The van der Waals surface area contributed by atoms with Gasteiger partial charge in [0.25, 0.3) is 0 Å². The molecule has 1 aromatic rings. The number of halogens is 1. The van der Waals surface area contributed by atoms with Crippen LogP contribution in [0.1, 0.15) is 5.56 Å². The largest absolute Gasteiger partial charge is 0.505 e. The van der Waals surface area contributed by atoms with Crippen LogP contribution in [-0.4, -0.2) is 31.3 Å². The molecule has 0 heterocycles. The van der Waals surface area contributed by atoms with Gasteiger partial charge >= 0.3 is 11.9 Å². The van der Waals surface area contributed by atoms with Crippen molar-refractivity contribution in [2.45, 2.75) is 6.92 Å². The van der Waals surface area contributed by atoms with Gasteiger partial charge in [-0.25, -0.2) is 14.0 Å². The first-order valence-electron chi connectivity index (χ1n) is 5.53. The molecule has 0 saturated carbocycles. The van der Waals surface area contributed by atoms with Crippen molar-refractivity contribution in [1.29, 1.82) is 0 Å². The predicted octanol–water partition coefficient (Wildman–Crippen LogP) is 1.48. The minimum atomic E-state index is -0.836. The summed E-state index contributed by atoms with van der Waals surface area (Å²) in [7, 11) is 2.28. The number of carbonyl (C=O) groups is 2. The highest BCUT2D eigenvalue weighted by Gasteiger charge is 2.16. The van der Waals surface area contributed by atoms with Crippen molar-refractivity contribution in [2.24, 2.45) is 0 Å². The number of hydrogen-bond acceptors (Lipinski definition) is 6. The summed E-state index contributed by atoms with van der Waals surface area (Å²) < 4.78 is 22.1. The number of benzene rings is 1. The van der Waals surface area contributed by atoms with Gasteiger partial charge in [0, 0.05) is 5.56 Å². The highest BCUT2D eigenvalue weighted by Crippen LogP contribution is 2.30. The average molecular weight is 283 g/mol. The summed E-state index contributed by atoms with van der Waals surface area (Å²) in [4.78, 5) is 22.7. The molecular formula is C13H14FNO5. The maximum Gasteiger partial charge on any atom is 0.354 e. The zero-order valence-electron chi connectivity index (χ0n) is 11.2. The Morgan fingerprint density at radius 1 is 1.30 bits per heavy atom. The first kappa shape index (κ1) is 15.5. The second-order valence-corrected chi connectivity index (χ2v) is 3.77. The van der Waals surface area contributed by atoms with Crippen LogP contribution in [0.15, 0.2) is 23.9 Å². The van der Waals surface area contributed by atoms with Crippen LogP contribution in [0.2, 0.25) is 0 Å². The highest BCUT2D eigenvalue weighted by atomic mass is 19.1. The first-order valence-corrected chi connectivity index (χ1v) is 5.53. The van der Waals surface area contributed by atoms with Gasteiger partial charge in [-0.15, -0.1) is 0 Å². The highest BCUT2D eigenvalue weighted by molar-refractivity contribution is 5.99. The normalized spacial score (nSPS) is 10.9. The molecule has 0 spiro atoms. The van der Waals surface area contributed by atoms with E-state index in [-0.39, 0.29) is 22.7 Å². The molecule has 1 rings (SSSR count). The molecule has 0 unspecified atom stereocenters. The molecule has 108 valence electrons. The van der Waals surface area contributed by atoms with E-state index < -0.39 is 17.8 Å². The Morgan fingerprint density at radius 3 is 2.50 bits per heavy atom. The van der Waals surface area contributed by atoms with Crippen LogP contribution in [0, 0.1) is 12.7 Å². The van der Waals surface area contributed by atoms with Crippen LogP contribution in [0.3, 0.4) is 0 Å². The van der Waals surface area contributed by atoms with Gasteiger partial charge < -0.3 is 19.9 Å². The van der Waals surface area contributed by atoms with E-state index in [2.05, 4.69) is 14.8 Å². The maximum absolute atomic E-state index is 13.2. The van der Waals surface area contributed by atoms with Crippen molar-refractivity contribution in [3.63, 3.8) is 0 Å². The fourth-order valence-electron chi connectivity index (χ4n) is 1.35. The van der Waals surface area contributed by atoms with E-state index in [0.29, 0.717) is 0 Å².